The minimum atomic E-state index is 0.220. The number of piperidine rings is 1. The van der Waals surface area contributed by atoms with Crippen LogP contribution in [-0.4, -0.2) is 34.1 Å². The summed E-state index contributed by atoms with van der Waals surface area (Å²) in [5.74, 6) is 0.986. The first-order chi connectivity index (χ1) is 10.8. The van der Waals surface area contributed by atoms with E-state index in [0.29, 0.717) is 0 Å². The number of H-pyrrole nitrogens is 1. The van der Waals surface area contributed by atoms with E-state index in [0.717, 1.165) is 48.3 Å². The molecule has 4 rings (SSSR count). The maximum absolute atomic E-state index is 6.14. The summed E-state index contributed by atoms with van der Waals surface area (Å²) in [4.78, 5) is 14.5. The predicted octanol–water partition coefficient (Wildman–Crippen LogP) is 2.55. The lowest BCUT2D eigenvalue weighted by Crippen LogP contribution is -2.43. The van der Waals surface area contributed by atoms with Crippen molar-refractivity contribution in [3.63, 3.8) is 0 Å². The number of hydrogen-bond acceptors (Lipinski definition) is 4. The van der Waals surface area contributed by atoms with Crippen LogP contribution >= 0.6 is 0 Å². The topological polar surface area (TPSA) is 70.8 Å². The number of hydrogen-bond donors (Lipinski definition) is 2. The van der Waals surface area contributed by atoms with Crippen molar-refractivity contribution in [2.75, 3.05) is 18.0 Å². The van der Waals surface area contributed by atoms with Crippen molar-refractivity contribution in [2.24, 2.45) is 5.73 Å². The summed E-state index contributed by atoms with van der Waals surface area (Å²) >= 11 is 0. The molecule has 2 aromatic heterocycles. The molecular formula is C17H19N5. The molecule has 3 N–H and O–H groups in total. The second-order valence-corrected chi connectivity index (χ2v) is 5.84. The third-order valence-electron chi connectivity index (χ3n) is 4.29. The maximum Gasteiger partial charge on any atom is 0.143 e. The molecule has 1 aliphatic heterocycles. The number of nitrogens with two attached hydrogens (primary N) is 1. The molecule has 0 saturated carbocycles. The molecule has 1 aliphatic rings. The van der Waals surface area contributed by atoms with E-state index in [-0.39, 0.29) is 6.04 Å². The Balaban J connectivity index is 1.86. The van der Waals surface area contributed by atoms with E-state index >= 15 is 0 Å². The van der Waals surface area contributed by atoms with Crippen LogP contribution in [0.5, 0.6) is 0 Å². The second kappa shape index (κ2) is 5.42. The Morgan fingerprint density at radius 2 is 2.05 bits per heavy atom. The molecule has 0 amide bonds. The lowest BCUT2D eigenvalue weighted by molar-refractivity contribution is 0.504. The lowest BCUT2D eigenvalue weighted by Gasteiger charge is -2.32. The summed E-state index contributed by atoms with van der Waals surface area (Å²) in [6.45, 7) is 1.85. The Morgan fingerprint density at radius 1 is 1.18 bits per heavy atom. The molecule has 22 heavy (non-hydrogen) atoms. The van der Waals surface area contributed by atoms with Crippen LogP contribution in [0.3, 0.4) is 0 Å². The minimum Gasteiger partial charge on any atom is -0.354 e. The zero-order valence-electron chi connectivity index (χ0n) is 12.4. The Labute approximate surface area is 129 Å². The molecule has 1 unspecified atom stereocenters. The number of fused-ring (bicyclic) bond motifs is 1. The molecule has 1 atom stereocenters. The van der Waals surface area contributed by atoms with Crippen LogP contribution in [0.15, 0.2) is 42.9 Å². The van der Waals surface area contributed by atoms with Crippen LogP contribution in [0, 0.1) is 0 Å². The molecule has 5 nitrogen and oxygen atoms in total. The summed E-state index contributed by atoms with van der Waals surface area (Å²) in [5, 5.41) is 1.09. The standard InChI is InChI=1S/C17H19N5/c18-13-7-4-8-22(10-13)17-15-14(12-5-2-1-3-6-12)9-19-16(15)20-11-21-17/h1-3,5-6,9,11,13H,4,7-8,10,18H2,(H,19,20,21). The van der Waals surface area contributed by atoms with Gasteiger partial charge in [0.05, 0.1) is 5.39 Å². The predicted molar refractivity (Wildman–Crippen MR) is 88.7 cm³/mol. The molecule has 3 heterocycles. The van der Waals surface area contributed by atoms with E-state index in [2.05, 4.69) is 44.1 Å². The van der Waals surface area contributed by atoms with Crippen molar-refractivity contribution in [1.29, 1.82) is 0 Å². The molecule has 0 aliphatic carbocycles. The highest BCUT2D eigenvalue weighted by Gasteiger charge is 2.22. The van der Waals surface area contributed by atoms with Crippen molar-refractivity contribution < 1.29 is 0 Å². The second-order valence-electron chi connectivity index (χ2n) is 5.84. The summed E-state index contributed by atoms with van der Waals surface area (Å²) in [7, 11) is 0. The van der Waals surface area contributed by atoms with Gasteiger partial charge in [0.1, 0.15) is 17.8 Å². The molecule has 3 aromatic rings. The number of benzene rings is 1. The minimum absolute atomic E-state index is 0.220. The molecule has 112 valence electrons. The zero-order chi connectivity index (χ0) is 14.9. The van der Waals surface area contributed by atoms with E-state index < -0.39 is 0 Å². The third kappa shape index (κ3) is 2.23. The highest BCUT2D eigenvalue weighted by atomic mass is 15.2. The van der Waals surface area contributed by atoms with Crippen molar-refractivity contribution in [2.45, 2.75) is 18.9 Å². The number of rotatable bonds is 2. The van der Waals surface area contributed by atoms with Gasteiger partial charge in [-0.2, -0.15) is 0 Å². The van der Waals surface area contributed by atoms with Gasteiger partial charge in [-0.1, -0.05) is 30.3 Å². The summed E-state index contributed by atoms with van der Waals surface area (Å²) in [5.41, 5.74) is 9.33. The number of aromatic nitrogens is 3. The molecule has 5 heteroatoms. The van der Waals surface area contributed by atoms with Gasteiger partial charge in [-0.3, -0.25) is 0 Å². The van der Waals surface area contributed by atoms with Crippen LogP contribution < -0.4 is 10.6 Å². The quantitative estimate of drug-likeness (QED) is 0.762. The number of nitrogens with zero attached hydrogens (tertiary/aromatic N) is 3. The van der Waals surface area contributed by atoms with Gasteiger partial charge in [0.15, 0.2) is 0 Å². The monoisotopic (exact) mass is 293 g/mol. The first-order valence-corrected chi connectivity index (χ1v) is 7.71. The molecule has 1 fully saturated rings. The average molecular weight is 293 g/mol. The van der Waals surface area contributed by atoms with Gasteiger partial charge >= 0.3 is 0 Å². The van der Waals surface area contributed by atoms with Crippen LogP contribution in [0.25, 0.3) is 22.2 Å². The Bertz CT molecular complexity index is 780. The van der Waals surface area contributed by atoms with Crippen molar-refractivity contribution in [3.05, 3.63) is 42.9 Å². The van der Waals surface area contributed by atoms with Crippen molar-refractivity contribution in [1.82, 2.24) is 15.0 Å². The summed E-state index contributed by atoms with van der Waals surface area (Å²) < 4.78 is 0. The number of anilines is 1. The maximum atomic E-state index is 6.14. The first kappa shape index (κ1) is 13.3. The van der Waals surface area contributed by atoms with Gasteiger partial charge in [-0.05, 0) is 18.4 Å². The fourth-order valence-corrected chi connectivity index (χ4v) is 3.23. The molecule has 0 spiro atoms. The Morgan fingerprint density at radius 3 is 2.86 bits per heavy atom. The highest BCUT2D eigenvalue weighted by molar-refractivity contribution is 6.01. The molecule has 0 radical (unpaired) electrons. The van der Waals surface area contributed by atoms with Crippen molar-refractivity contribution >= 4 is 16.9 Å². The Hall–Kier alpha value is -2.40. The van der Waals surface area contributed by atoms with Crippen LogP contribution in [0.1, 0.15) is 12.8 Å². The molecular weight excluding hydrogens is 274 g/mol. The smallest absolute Gasteiger partial charge is 0.143 e. The van der Waals surface area contributed by atoms with Gasteiger partial charge in [-0.15, -0.1) is 0 Å². The molecule has 1 aromatic carbocycles. The third-order valence-corrected chi connectivity index (χ3v) is 4.29. The van der Waals surface area contributed by atoms with Gasteiger partial charge in [0.2, 0.25) is 0 Å². The van der Waals surface area contributed by atoms with Crippen LogP contribution in [0.4, 0.5) is 5.82 Å². The van der Waals surface area contributed by atoms with Gasteiger partial charge in [-0.25, -0.2) is 9.97 Å². The SMILES string of the molecule is NC1CCCN(c2ncnc3[nH]cc(-c4ccccc4)c23)C1. The number of aromatic amines is 1. The van der Waals surface area contributed by atoms with E-state index in [1.165, 1.54) is 5.56 Å². The lowest BCUT2D eigenvalue weighted by atomic mass is 10.0. The average Bonchev–Trinajstić information content (AvgIpc) is 3.00. The van der Waals surface area contributed by atoms with E-state index in [9.17, 15) is 0 Å². The highest BCUT2D eigenvalue weighted by Crippen LogP contribution is 2.34. The molecule has 0 bridgehead atoms. The van der Waals surface area contributed by atoms with E-state index in [1.54, 1.807) is 6.33 Å². The van der Waals surface area contributed by atoms with E-state index in [4.69, 9.17) is 5.73 Å². The largest absolute Gasteiger partial charge is 0.354 e. The van der Waals surface area contributed by atoms with Crippen LogP contribution in [-0.2, 0) is 0 Å². The van der Waals surface area contributed by atoms with Gasteiger partial charge in [0.25, 0.3) is 0 Å². The first-order valence-electron chi connectivity index (χ1n) is 7.71. The fourth-order valence-electron chi connectivity index (χ4n) is 3.23. The fraction of sp³-hybridized carbons (Fsp3) is 0.294. The summed E-state index contributed by atoms with van der Waals surface area (Å²) in [6, 6.07) is 10.6. The van der Waals surface area contributed by atoms with E-state index in [1.807, 2.05) is 12.3 Å². The number of nitrogens with one attached hydrogen (secondary N) is 1. The summed E-state index contributed by atoms with van der Waals surface area (Å²) in [6.07, 6.45) is 5.84. The van der Waals surface area contributed by atoms with Crippen molar-refractivity contribution in [3.8, 4) is 11.1 Å². The van der Waals surface area contributed by atoms with Crippen LogP contribution in [0.2, 0.25) is 0 Å². The zero-order valence-corrected chi connectivity index (χ0v) is 12.4. The van der Waals surface area contributed by atoms with Gasteiger partial charge < -0.3 is 15.6 Å². The Kier molecular flexibility index (Phi) is 3.27. The van der Waals surface area contributed by atoms with Gasteiger partial charge in [0, 0.05) is 30.9 Å². The molecule has 1 saturated heterocycles. The normalized spacial score (nSPS) is 18.8.